The monoisotopic (exact) mass is 538 g/mol. The molecular formula is C34H50O5. The Bertz CT molecular complexity index is 1020. The first kappa shape index (κ1) is 27.8. The van der Waals surface area contributed by atoms with Crippen LogP contribution in [0, 0.1) is 34.5 Å². The largest absolute Gasteiger partial charge is 0.393 e. The van der Waals surface area contributed by atoms with E-state index in [0.29, 0.717) is 12.8 Å². The lowest BCUT2D eigenvalue weighted by Crippen LogP contribution is -2.63. The lowest BCUT2D eigenvalue weighted by Gasteiger charge is -2.59. The summed E-state index contributed by atoms with van der Waals surface area (Å²) in [5.41, 5.74) is -0.553. The van der Waals surface area contributed by atoms with Crippen LogP contribution in [0.2, 0.25) is 0 Å². The van der Waals surface area contributed by atoms with E-state index in [-0.39, 0.29) is 47.1 Å². The standard InChI is InChI=1S/C34H50O5/c1-4-10-30-38-29-20-26-25-16-15-23-19-24(35)17-18-32(23,2)31(25)27(36)21-33(26,3)34(29,39-30)28(37)14-9-13-22-11-7-5-6-8-12-22/h17-19,22,25-27,29-31,36H,4-16,20-21H2,1-3H3/t25-,26-,27-,29+,30?,31?,32-,33-,34+/m0/s1. The Morgan fingerprint density at radius 1 is 1.10 bits per heavy atom. The third-order valence-corrected chi connectivity index (χ3v) is 12.2. The Balaban J connectivity index is 1.27. The number of ether oxygens (including phenoxy) is 2. The van der Waals surface area contributed by atoms with E-state index in [1.165, 1.54) is 38.5 Å². The number of aliphatic hydroxyl groups is 1. The molecule has 0 amide bonds. The number of carbonyl (C=O) groups excluding carboxylic acids is 2. The maximum atomic E-state index is 14.4. The van der Waals surface area contributed by atoms with Crippen LogP contribution in [0.15, 0.2) is 23.8 Å². The SMILES string of the molecule is CCCC1O[C@@H]2C[C@H]3[C@@H]4CCC5=CC(=O)C=C[C@]5(C)C4[C@@H](O)C[C@]3(C)[C@]2(C(=O)CCCC2CCCCCC2)O1. The van der Waals surface area contributed by atoms with E-state index in [0.717, 1.165) is 56.4 Å². The van der Waals surface area contributed by atoms with Crippen LogP contribution in [0.1, 0.15) is 117 Å². The number of hydrogen-bond acceptors (Lipinski definition) is 5. The molecule has 0 spiro atoms. The van der Waals surface area contributed by atoms with Crippen molar-refractivity contribution < 1.29 is 24.2 Å². The number of rotatable bonds is 7. The van der Waals surface area contributed by atoms with E-state index in [1.807, 2.05) is 0 Å². The first-order chi connectivity index (χ1) is 18.7. The molecule has 1 heterocycles. The quantitative estimate of drug-likeness (QED) is 0.358. The predicted molar refractivity (Wildman–Crippen MR) is 151 cm³/mol. The molecule has 0 aromatic rings. The van der Waals surface area contributed by atoms with Crippen molar-refractivity contribution in [1.82, 2.24) is 0 Å². The highest BCUT2D eigenvalue weighted by Gasteiger charge is 2.75. The van der Waals surface area contributed by atoms with Gasteiger partial charge in [0.15, 0.2) is 23.5 Å². The fraction of sp³-hybridized carbons (Fsp3) is 0.824. The summed E-state index contributed by atoms with van der Waals surface area (Å²) in [4.78, 5) is 26.6. The van der Waals surface area contributed by atoms with Gasteiger partial charge in [-0.2, -0.15) is 0 Å². The minimum atomic E-state index is -0.956. The highest BCUT2D eigenvalue weighted by Crippen LogP contribution is 2.70. The second-order valence-electron chi connectivity index (χ2n) is 14.3. The maximum Gasteiger partial charge on any atom is 0.178 e. The highest BCUT2D eigenvalue weighted by molar-refractivity contribution is 6.01. The van der Waals surface area contributed by atoms with Gasteiger partial charge in [-0.05, 0) is 68.4 Å². The van der Waals surface area contributed by atoms with Gasteiger partial charge in [-0.1, -0.05) is 83.8 Å². The molecule has 1 N–H and O–H groups in total. The smallest absolute Gasteiger partial charge is 0.178 e. The number of ketones is 2. The summed E-state index contributed by atoms with van der Waals surface area (Å²) in [6.07, 6.45) is 20.0. The van der Waals surface area contributed by atoms with Crippen molar-refractivity contribution in [2.24, 2.45) is 34.5 Å². The van der Waals surface area contributed by atoms with Crippen molar-refractivity contribution in [3.8, 4) is 0 Å². The van der Waals surface area contributed by atoms with Gasteiger partial charge in [-0.3, -0.25) is 9.59 Å². The molecule has 5 heteroatoms. The molecule has 2 unspecified atom stereocenters. The van der Waals surface area contributed by atoms with Crippen LogP contribution in [-0.2, 0) is 19.1 Å². The molecule has 6 rings (SSSR count). The van der Waals surface area contributed by atoms with E-state index < -0.39 is 17.1 Å². The number of hydrogen-bond donors (Lipinski definition) is 1. The molecule has 5 fully saturated rings. The Morgan fingerprint density at radius 3 is 2.62 bits per heavy atom. The molecule has 5 aliphatic carbocycles. The van der Waals surface area contributed by atoms with Gasteiger partial charge in [0.2, 0.25) is 0 Å². The number of Topliss-reactive ketones (excluding diaryl/α,β-unsaturated/α-hetero) is 1. The number of aliphatic hydroxyl groups excluding tert-OH is 1. The molecule has 0 radical (unpaired) electrons. The molecule has 1 aliphatic heterocycles. The number of carbonyl (C=O) groups is 2. The van der Waals surface area contributed by atoms with Crippen molar-refractivity contribution in [3.05, 3.63) is 23.8 Å². The fourth-order valence-electron chi connectivity index (χ4n) is 10.4. The van der Waals surface area contributed by atoms with Crippen molar-refractivity contribution in [2.45, 2.75) is 141 Å². The molecule has 9 atom stereocenters. The Hall–Kier alpha value is -1.30. The van der Waals surface area contributed by atoms with Crippen LogP contribution in [0.25, 0.3) is 0 Å². The zero-order valence-corrected chi connectivity index (χ0v) is 24.5. The summed E-state index contributed by atoms with van der Waals surface area (Å²) in [6.45, 7) is 6.59. The summed E-state index contributed by atoms with van der Waals surface area (Å²) >= 11 is 0. The van der Waals surface area contributed by atoms with Crippen LogP contribution in [0.3, 0.4) is 0 Å². The lowest BCUT2D eigenvalue weighted by molar-refractivity contribution is -0.199. The van der Waals surface area contributed by atoms with Gasteiger partial charge >= 0.3 is 0 Å². The van der Waals surface area contributed by atoms with E-state index in [2.05, 4.69) is 26.8 Å². The average molecular weight is 539 g/mol. The van der Waals surface area contributed by atoms with Crippen LogP contribution in [0.5, 0.6) is 0 Å². The molecule has 6 aliphatic rings. The van der Waals surface area contributed by atoms with Crippen LogP contribution in [0.4, 0.5) is 0 Å². The van der Waals surface area contributed by atoms with Crippen LogP contribution < -0.4 is 0 Å². The van der Waals surface area contributed by atoms with Gasteiger partial charge in [-0.15, -0.1) is 0 Å². The minimum absolute atomic E-state index is 0.0487. The summed E-state index contributed by atoms with van der Waals surface area (Å²) in [5, 5.41) is 11.9. The normalized spacial score (nSPS) is 45.6. The third kappa shape index (κ3) is 4.36. The van der Waals surface area contributed by atoms with Crippen molar-refractivity contribution in [3.63, 3.8) is 0 Å². The van der Waals surface area contributed by atoms with Gasteiger partial charge < -0.3 is 14.6 Å². The minimum Gasteiger partial charge on any atom is -0.393 e. The Kier molecular flexibility index (Phi) is 7.51. The molecule has 4 saturated carbocycles. The summed E-state index contributed by atoms with van der Waals surface area (Å²) < 4.78 is 13.4. The second-order valence-corrected chi connectivity index (χ2v) is 14.3. The fourth-order valence-corrected chi connectivity index (χ4v) is 10.4. The van der Waals surface area contributed by atoms with Crippen LogP contribution in [-0.4, -0.2) is 40.8 Å². The van der Waals surface area contributed by atoms with Gasteiger partial charge in [-0.25, -0.2) is 0 Å². The average Bonchev–Trinajstić information content (AvgIpc) is 3.22. The topological polar surface area (TPSA) is 72.8 Å². The zero-order valence-electron chi connectivity index (χ0n) is 24.5. The molecule has 216 valence electrons. The Morgan fingerprint density at radius 2 is 1.87 bits per heavy atom. The van der Waals surface area contributed by atoms with Gasteiger partial charge in [0.25, 0.3) is 0 Å². The van der Waals surface area contributed by atoms with Crippen molar-refractivity contribution >= 4 is 11.6 Å². The second kappa shape index (κ2) is 10.5. The van der Waals surface area contributed by atoms with Crippen LogP contribution >= 0.6 is 0 Å². The Labute approximate surface area is 235 Å². The van der Waals surface area contributed by atoms with E-state index in [1.54, 1.807) is 12.2 Å². The molecule has 0 aromatic carbocycles. The third-order valence-electron chi connectivity index (χ3n) is 12.2. The molecule has 39 heavy (non-hydrogen) atoms. The lowest BCUT2D eigenvalue weighted by atomic mass is 9.46. The van der Waals surface area contributed by atoms with E-state index in [4.69, 9.17) is 9.47 Å². The molecule has 0 aromatic heterocycles. The van der Waals surface area contributed by atoms with Crippen molar-refractivity contribution in [1.29, 1.82) is 0 Å². The summed E-state index contributed by atoms with van der Waals surface area (Å²) in [5.74, 6) is 1.62. The van der Waals surface area contributed by atoms with Crippen molar-refractivity contribution in [2.75, 3.05) is 0 Å². The highest BCUT2D eigenvalue weighted by atomic mass is 16.7. The molecule has 5 nitrogen and oxygen atoms in total. The number of allylic oxidation sites excluding steroid dienone is 4. The summed E-state index contributed by atoms with van der Waals surface area (Å²) in [7, 11) is 0. The number of fused-ring (bicyclic) bond motifs is 7. The predicted octanol–water partition coefficient (Wildman–Crippen LogP) is 6.87. The summed E-state index contributed by atoms with van der Waals surface area (Å²) in [6, 6.07) is 0. The van der Waals surface area contributed by atoms with E-state index in [9.17, 15) is 14.7 Å². The first-order valence-electron chi connectivity index (χ1n) is 16.2. The van der Waals surface area contributed by atoms with E-state index >= 15 is 0 Å². The zero-order chi connectivity index (χ0) is 27.4. The maximum absolute atomic E-state index is 14.4. The first-order valence-corrected chi connectivity index (χ1v) is 16.2. The van der Waals surface area contributed by atoms with Gasteiger partial charge in [0.05, 0.1) is 12.2 Å². The molecule has 1 saturated heterocycles. The molecular weight excluding hydrogens is 488 g/mol. The van der Waals surface area contributed by atoms with Gasteiger partial charge in [0, 0.05) is 23.2 Å². The van der Waals surface area contributed by atoms with Gasteiger partial charge in [0.1, 0.15) is 0 Å². The molecule has 0 bridgehead atoms.